The lowest BCUT2D eigenvalue weighted by Crippen LogP contribution is -2.21. The Morgan fingerprint density at radius 1 is 1.43 bits per heavy atom. The van der Waals surface area contributed by atoms with E-state index >= 15 is 0 Å². The van der Waals surface area contributed by atoms with E-state index in [2.05, 4.69) is 10.2 Å². The van der Waals surface area contributed by atoms with Crippen LogP contribution in [0.5, 0.6) is 5.75 Å². The molecule has 0 aliphatic carbocycles. The zero-order chi connectivity index (χ0) is 10.6. The lowest BCUT2D eigenvalue weighted by atomic mass is 10.2. The van der Waals surface area contributed by atoms with Gasteiger partial charge in [0.2, 0.25) is 5.96 Å². The van der Waals surface area contributed by atoms with Crippen LogP contribution in [0.3, 0.4) is 0 Å². The summed E-state index contributed by atoms with van der Waals surface area (Å²) in [6.07, 6.45) is 1.27. The van der Waals surface area contributed by atoms with Gasteiger partial charge in [-0.15, -0.1) is 5.10 Å². The molecule has 0 radical (unpaired) electrons. The molecule has 0 saturated heterocycles. The molecule has 1 aromatic carbocycles. The van der Waals surface area contributed by atoms with Crippen molar-refractivity contribution in [3.05, 3.63) is 29.6 Å². The fraction of sp³-hybridized carbons (Fsp3) is 0. The average molecular weight is 196 g/mol. The van der Waals surface area contributed by atoms with E-state index in [9.17, 15) is 4.39 Å². The summed E-state index contributed by atoms with van der Waals surface area (Å²) in [4.78, 5) is 0. The van der Waals surface area contributed by atoms with Crippen molar-refractivity contribution in [2.75, 3.05) is 0 Å². The van der Waals surface area contributed by atoms with Crippen LogP contribution >= 0.6 is 0 Å². The monoisotopic (exact) mass is 196 g/mol. The maximum atomic E-state index is 12.8. The van der Waals surface area contributed by atoms with Gasteiger partial charge in [0, 0.05) is 0 Å². The molecule has 74 valence electrons. The number of guanidine groups is 1. The molecule has 5 N–H and O–H groups in total. The smallest absolute Gasteiger partial charge is 0.211 e. The molecule has 0 unspecified atom stereocenters. The molecule has 0 saturated carbocycles. The molecule has 0 amide bonds. The molecule has 0 atom stereocenters. The van der Waals surface area contributed by atoms with E-state index in [1.165, 1.54) is 18.3 Å². The van der Waals surface area contributed by atoms with Gasteiger partial charge in [0.1, 0.15) is 0 Å². The Balaban J connectivity index is 2.83. The maximum absolute atomic E-state index is 12.8. The van der Waals surface area contributed by atoms with E-state index in [0.29, 0.717) is 5.56 Å². The predicted molar refractivity (Wildman–Crippen MR) is 51.5 cm³/mol. The van der Waals surface area contributed by atoms with Crippen LogP contribution in [0.25, 0.3) is 0 Å². The van der Waals surface area contributed by atoms with Gasteiger partial charge in [0.15, 0.2) is 11.6 Å². The van der Waals surface area contributed by atoms with E-state index in [-0.39, 0.29) is 5.96 Å². The average Bonchev–Trinajstić information content (AvgIpc) is 2.10. The molecule has 0 aliphatic heterocycles. The Bertz CT molecular complexity index is 385. The zero-order valence-electron chi connectivity index (χ0n) is 7.18. The number of halogens is 1. The number of phenols is 1. The number of benzene rings is 1. The Kier molecular flexibility index (Phi) is 3.01. The van der Waals surface area contributed by atoms with E-state index < -0.39 is 11.6 Å². The summed E-state index contributed by atoms with van der Waals surface area (Å²) in [5.74, 6) is -1.32. The Morgan fingerprint density at radius 2 is 2.14 bits per heavy atom. The highest BCUT2D eigenvalue weighted by atomic mass is 19.1. The second-order valence-electron chi connectivity index (χ2n) is 2.48. The first-order chi connectivity index (χ1) is 6.59. The molecule has 14 heavy (non-hydrogen) atoms. The topological polar surface area (TPSA) is 97.0 Å². The first-order valence-electron chi connectivity index (χ1n) is 3.70. The Hall–Kier alpha value is -2.11. The number of hydrogen-bond donors (Lipinski definition) is 3. The van der Waals surface area contributed by atoms with Crippen LogP contribution in [0.2, 0.25) is 0 Å². The summed E-state index contributed by atoms with van der Waals surface area (Å²) in [5.41, 5.74) is 10.5. The Labute approximate surface area is 79.6 Å². The molecule has 0 bridgehead atoms. The minimum atomic E-state index is -0.723. The maximum Gasteiger partial charge on any atom is 0.211 e. The van der Waals surface area contributed by atoms with Crippen LogP contribution in [0, 0.1) is 5.82 Å². The van der Waals surface area contributed by atoms with E-state index in [1.807, 2.05) is 0 Å². The molecule has 0 spiro atoms. The summed E-state index contributed by atoms with van der Waals surface area (Å²) < 4.78 is 12.8. The highest BCUT2D eigenvalue weighted by molar-refractivity contribution is 5.81. The fourth-order valence-corrected chi connectivity index (χ4v) is 0.766. The molecule has 0 aliphatic rings. The molecule has 1 rings (SSSR count). The second-order valence-corrected chi connectivity index (χ2v) is 2.48. The standard InChI is InChI=1S/C8H9FN4O/c9-6-3-5(1-2-7(6)14)4-12-13-8(10)11/h1-4,14H,(H4,10,11,13). The van der Waals surface area contributed by atoms with Crippen molar-refractivity contribution >= 4 is 12.2 Å². The van der Waals surface area contributed by atoms with Gasteiger partial charge < -0.3 is 16.6 Å². The summed E-state index contributed by atoms with van der Waals surface area (Å²) in [5, 5.41) is 15.7. The van der Waals surface area contributed by atoms with Crippen LogP contribution in [0.1, 0.15) is 5.56 Å². The lowest BCUT2D eigenvalue weighted by Gasteiger charge is -1.95. The van der Waals surface area contributed by atoms with Crippen LogP contribution in [-0.4, -0.2) is 17.3 Å². The Morgan fingerprint density at radius 3 is 2.71 bits per heavy atom. The fourth-order valence-electron chi connectivity index (χ4n) is 0.766. The molecule has 0 aromatic heterocycles. The summed E-state index contributed by atoms with van der Waals surface area (Å²) in [6, 6.07) is 3.80. The summed E-state index contributed by atoms with van der Waals surface area (Å²) >= 11 is 0. The van der Waals surface area contributed by atoms with E-state index in [4.69, 9.17) is 16.6 Å². The van der Waals surface area contributed by atoms with Crippen molar-refractivity contribution in [3.8, 4) is 5.75 Å². The molecule has 0 heterocycles. The zero-order valence-corrected chi connectivity index (χ0v) is 7.18. The van der Waals surface area contributed by atoms with Gasteiger partial charge in [-0.2, -0.15) is 5.10 Å². The third-order valence-electron chi connectivity index (χ3n) is 1.35. The van der Waals surface area contributed by atoms with E-state index in [1.54, 1.807) is 0 Å². The predicted octanol–water partition coefficient (Wildman–Crippen LogP) is 0.139. The molecular weight excluding hydrogens is 187 g/mol. The normalized spacial score (nSPS) is 10.4. The van der Waals surface area contributed by atoms with Gasteiger partial charge in [-0.3, -0.25) is 0 Å². The molecule has 5 nitrogen and oxygen atoms in total. The van der Waals surface area contributed by atoms with Gasteiger partial charge in [0.25, 0.3) is 0 Å². The third kappa shape index (κ3) is 2.74. The van der Waals surface area contributed by atoms with Gasteiger partial charge in [-0.05, 0) is 23.8 Å². The number of nitrogens with zero attached hydrogens (tertiary/aromatic N) is 2. The van der Waals surface area contributed by atoms with Gasteiger partial charge in [-0.1, -0.05) is 0 Å². The SMILES string of the molecule is NC(N)=NN=Cc1ccc(O)c(F)c1. The van der Waals surface area contributed by atoms with Crippen molar-refractivity contribution in [3.63, 3.8) is 0 Å². The molecule has 6 heteroatoms. The van der Waals surface area contributed by atoms with Crippen LogP contribution in [0.4, 0.5) is 4.39 Å². The largest absolute Gasteiger partial charge is 0.505 e. The summed E-state index contributed by atoms with van der Waals surface area (Å²) in [7, 11) is 0. The number of phenolic OH excluding ortho intramolecular Hbond substituents is 1. The van der Waals surface area contributed by atoms with Gasteiger partial charge in [-0.25, -0.2) is 4.39 Å². The van der Waals surface area contributed by atoms with Crippen LogP contribution in [-0.2, 0) is 0 Å². The van der Waals surface area contributed by atoms with Crippen molar-refractivity contribution in [1.82, 2.24) is 0 Å². The number of aromatic hydroxyl groups is 1. The minimum absolute atomic E-state index is 0.180. The quantitative estimate of drug-likeness (QED) is 0.356. The van der Waals surface area contributed by atoms with E-state index in [0.717, 1.165) is 6.07 Å². The second kappa shape index (κ2) is 4.22. The van der Waals surface area contributed by atoms with Crippen LogP contribution < -0.4 is 11.5 Å². The van der Waals surface area contributed by atoms with Crippen molar-refractivity contribution in [2.45, 2.75) is 0 Å². The number of nitrogens with two attached hydrogens (primary N) is 2. The number of hydrogen-bond acceptors (Lipinski definition) is 3. The van der Waals surface area contributed by atoms with Gasteiger partial charge in [0.05, 0.1) is 6.21 Å². The molecule has 0 fully saturated rings. The summed E-state index contributed by atoms with van der Waals surface area (Å²) in [6.45, 7) is 0. The highest BCUT2D eigenvalue weighted by Crippen LogP contribution is 2.14. The van der Waals surface area contributed by atoms with Crippen molar-refractivity contribution in [1.29, 1.82) is 0 Å². The number of rotatable bonds is 2. The highest BCUT2D eigenvalue weighted by Gasteiger charge is 1.98. The lowest BCUT2D eigenvalue weighted by molar-refractivity contribution is 0.432. The minimum Gasteiger partial charge on any atom is -0.505 e. The van der Waals surface area contributed by atoms with Crippen molar-refractivity contribution < 1.29 is 9.50 Å². The van der Waals surface area contributed by atoms with Gasteiger partial charge >= 0.3 is 0 Å². The third-order valence-corrected chi connectivity index (χ3v) is 1.35. The molecular formula is C8H9FN4O. The first-order valence-corrected chi connectivity index (χ1v) is 3.70. The first kappa shape index (κ1) is 9.97. The van der Waals surface area contributed by atoms with Crippen LogP contribution in [0.15, 0.2) is 28.4 Å². The molecule has 1 aromatic rings. The van der Waals surface area contributed by atoms with Crippen molar-refractivity contribution in [2.24, 2.45) is 21.7 Å².